The lowest BCUT2D eigenvalue weighted by Gasteiger charge is -2.08. The van der Waals surface area contributed by atoms with Crippen LogP contribution in [-0.4, -0.2) is 5.11 Å². The summed E-state index contributed by atoms with van der Waals surface area (Å²) in [5.41, 5.74) is 2.22. The lowest BCUT2D eigenvalue weighted by Crippen LogP contribution is -1.87. The molecule has 0 heterocycles. The zero-order chi connectivity index (χ0) is 9.30. The highest BCUT2D eigenvalue weighted by molar-refractivity contribution is 9.11. The van der Waals surface area contributed by atoms with Gasteiger partial charge in [0.05, 0.1) is 8.95 Å². The number of aromatic hydroxyl groups is 1. The second-order valence-corrected chi connectivity index (χ2v) is 4.66. The zero-order valence-corrected chi connectivity index (χ0v) is 11.1. The van der Waals surface area contributed by atoms with Crippen LogP contribution in [0.2, 0.25) is 0 Å². The first-order valence-electron chi connectivity index (χ1n) is 3.30. The topological polar surface area (TPSA) is 20.2 Å². The molecule has 66 valence electrons. The summed E-state index contributed by atoms with van der Waals surface area (Å²) >= 11 is 9.96. The van der Waals surface area contributed by atoms with E-state index in [1.54, 1.807) is 0 Å². The highest BCUT2D eigenvalue weighted by atomic mass is 79.9. The van der Waals surface area contributed by atoms with Gasteiger partial charge in [0.2, 0.25) is 0 Å². The van der Waals surface area contributed by atoms with Crippen LogP contribution in [0.1, 0.15) is 11.1 Å². The lowest BCUT2D eigenvalue weighted by molar-refractivity contribution is 0.467. The fourth-order valence-corrected chi connectivity index (χ4v) is 3.50. The molecule has 0 aliphatic heterocycles. The van der Waals surface area contributed by atoms with E-state index in [4.69, 9.17) is 0 Å². The zero-order valence-electron chi connectivity index (χ0n) is 6.37. The Morgan fingerprint density at radius 2 is 2.00 bits per heavy atom. The Balaban J connectivity index is 3.40. The van der Waals surface area contributed by atoms with Crippen molar-refractivity contribution in [2.24, 2.45) is 0 Å². The summed E-state index contributed by atoms with van der Waals surface area (Å²) in [5, 5.41) is 10.3. The number of aryl methyl sites for hydroxylation is 1. The fourth-order valence-electron chi connectivity index (χ4n) is 0.930. The smallest absolute Gasteiger partial charge is 0.144 e. The third-order valence-corrected chi connectivity index (χ3v) is 3.67. The summed E-state index contributed by atoms with van der Waals surface area (Å²) in [5.74, 6) is 0.259. The molecule has 0 unspecified atom stereocenters. The normalized spacial score (nSPS) is 10.3. The minimum atomic E-state index is 0.259. The third kappa shape index (κ3) is 1.86. The Morgan fingerprint density at radius 1 is 1.42 bits per heavy atom. The number of benzene rings is 1. The molecule has 0 radical (unpaired) electrons. The molecule has 0 aliphatic carbocycles. The summed E-state index contributed by atoms with van der Waals surface area (Å²) in [4.78, 5) is 0. The van der Waals surface area contributed by atoms with E-state index in [0.717, 1.165) is 25.4 Å². The van der Waals surface area contributed by atoms with Gasteiger partial charge in [0.25, 0.3) is 0 Å². The van der Waals surface area contributed by atoms with E-state index in [9.17, 15) is 5.11 Å². The van der Waals surface area contributed by atoms with Gasteiger partial charge < -0.3 is 5.11 Å². The van der Waals surface area contributed by atoms with Crippen LogP contribution < -0.4 is 0 Å². The molecule has 4 heteroatoms. The van der Waals surface area contributed by atoms with Crippen LogP contribution in [0.15, 0.2) is 15.0 Å². The van der Waals surface area contributed by atoms with E-state index in [0.29, 0.717) is 0 Å². The van der Waals surface area contributed by atoms with Crippen LogP contribution in [0.3, 0.4) is 0 Å². The van der Waals surface area contributed by atoms with Crippen molar-refractivity contribution in [3.63, 3.8) is 0 Å². The number of hydrogen-bond donors (Lipinski definition) is 1. The Labute approximate surface area is 96.6 Å². The van der Waals surface area contributed by atoms with Gasteiger partial charge in [-0.15, -0.1) is 0 Å². The summed E-state index contributed by atoms with van der Waals surface area (Å²) in [6.45, 7) is 2.01. The van der Waals surface area contributed by atoms with E-state index >= 15 is 0 Å². The molecule has 0 saturated carbocycles. The maximum absolute atomic E-state index is 9.53. The molecule has 1 rings (SSSR count). The molecule has 0 aliphatic rings. The van der Waals surface area contributed by atoms with E-state index in [1.807, 2.05) is 13.0 Å². The van der Waals surface area contributed by atoms with Gasteiger partial charge >= 0.3 is 0 Å². The SMILES string of the molecule is Cc1cc(Br)c(O)c(Br)c1CBr. The van der Waals surface area contributed by atoms with Crippen LogP contribution in [0, 0.1) is 6.92 Å². The van der Waals surface area contributed by atoms with Crippen molar-refractivity contribution in [2.45, 2.75) is 12.3 Å². The predicted octanol–water partition coefficient (Wildman–Crippen LogP) is 4.12. The highest BCUT2D eigenvalue weighted by Crippen LogP contribution is 2.37. The van der Waals surface area contributed by atoms with Crippen molar-refractivity contribution in [1.82, 2.24) is 0 Å². The Hall–Kier alpha value is 0.460. The summed E-state index contributed by atoms with van der Waals surface area (Å²) in [6, 6.07) is 1.90. The minimum absolute atomic E-state index is 0.259. The van der Waals surface area contributed by atoms with E-state index in [1.165, 1.54) is 0 Å². The second-order valence-electron chi connectivity index (χ2n) is 2.45. The van der Waals surface area contributed by atoms with Gasteiger partial charge in [0, 0.05) is 5.33 Å². The largest absolute Gasteiger partial charge is 0.506 e. The molecule has 0 aromatic heterocycles. The van der Waals surface area contributed by atoms with Crippen LogP contribution in [0.5, 0.6) is 5.75 Å². The number of halogens is 3. The molecule has 0 amide bonds. The Kier molecular flexibility index (Phi) is 3.61. The standard InChI is InChI=1S/C8H7Br3O/c1-4-2-6(10)8(12)7(11)5(4)3-9/h2,12H,3H2,1H3. The molecule has 0 atom stereocenters. The lowest BCUT2D eigenvalue weighted by atomic mass is 10.1. The van der Waals surface area contributed by atoms with Gasteiger partial charge in [0.1, 0.15) is 5.75 Å². The molecule has 0 spiro atoms. The number of phenols is 1. The van der Waals surface area contributed by atoms with Crippen molar-refractivity contribution in [3.05, 3.63) is 26.1 Å². The van der Waals surface area contributed by atoms with Gasteiger partial charge in [0.15, 0.2) is 0 Å². The molecule has 1 N–H and O–H groups in total. The first-order chi connectivity index (χ1) is 5.57. The maximum Gasteiger partial charge on any atom is 0.144 e. The van der Waals surface area contributed by atoms with Crippen molar-refractivity contribution in [1.29, 1.82) is 0 Å². The van der Waals surface area contributed by atoms with E-state index < -0.39 is 0 Å². The number of hydrogen-bond acceptors (Lipinski definition) is 1. The maximum atomic E-state index is 9.53. The molecule has 0 fully saturated rings. The van der Waals surface area contributed by atoms with Crippen LogP contribution in [0.4, 0.5) is 0 Å². The quantitative estimate of drug-likeness (QED) is 0.749. The van der Waals surface area contributed by atoms with Crippen molar-refractivity contribution in [2.75, 3.05) is 0 Å². The van der Waals surface area contributed by atoms with E-state index in [2.05, 4.69) is 47.8 Å². The minimum Gasteiger partial charge on any atom is -0.506 e. The van der Waals surface area contributed by atoms with Gasteiger partial charge in [-0.2, -0.15) is 0 Å². The average molecular weight is 359 g/mol. The molecular formula is C8H7Br3O. The average Bonchev–Trinajstić information content (AvgIpc) is 2.01. The van der Waals surface area contributed by atoms with Crippen LogP contribution in [-0.2, 0) is 5.33 Å². The van der Waals surface area contributed by atoms with Crippen molar-refractivity contribution >= 4 is 47.8 Å². The first kappa shape index (κ1) is 10.5. The number of phenolic OH excluding ortho intramolecular Hbond substituents is 1. The monoisotopic (exact) mass is 356 g/mol. The van der Waals surface area contributed by atoms with Crippen LogP contribution in [0.25, 0.3) is 0 Å². The fraction of sp³-hybridized carbons (Fsp3) is 0.250. The summed E-state index contributed by atoms with van der Waals surface area (Å²) in [6.07, 6.45) is 0. The molecule has 0 saturated heterocycles. The number of rotatable bonds is 1. The Morgan fingerprint density at radius 3 is 2.50 bits per heavy atom. The highest BCUT2D eigenvalue weighted by Gasteiger charge is 2.10. The van der Waals surface area contributed by atoms with Gasteiger partial charge in [-0.3, -0.25) is 0 Å². The van der Waals surface area contributed by atoms with Crippen molar-refractivity contribution < 1.29 is 5.11 Å². The van der Waals surface area contributed by atoms with Gasteiger partial charge in [-0.25, -0.2) is 0 Å². The molecule has 1 nitrogen and oxygen atoms in total. The molecular weight excluding hydrogens is 352 g/mol. The van der Waals surface area contributed by atoms with Crippen LogP contribution >= 0.6 is 47.8 Å². The molecule has 1 aromatic carbocycles. The van der Waals surface area contributed by atoms with Gasteiger partial charge in [-0.1, -0.05) is 15.9 Å². The molecule has 12 heavy (non-hydrogen) atoms. The van der Waals surface area contributed by atoms with Crippen molar-refractivity contribution in [3.8, 4) is 5.75 Å². The van der Waals surface area contributed by atoms with Gasteiger partial charge in [-0.05, 0) is 56.0 Å². The summed E-state index contributed by atoms with van der Waals surface area (Å²) in [7, 11) is 0. The van der Waals surface area contributed by atoms with E-state index in [-0.39, 0.29) is 5.75 Å². The third-order valence-electron chi connectivity index (χ3n) is 1.65. The summed E-state index contributed by atoms with van der Waals surface area (Å²) < 4.78 is 1.47. The number of alkyl halides is 1. The Bertz CT molecular complexity index is 310. The molecule has 0 bridgehead atoms. The first-order valence-corrected chi connectivity index (χ1v) is 6.01. The predicted molar refractivity (Wildman–Crippen MR) is 60.9 cm³/mol. The molecule has 1 aromatic rings. The second kappa shape index (κ2) is 4.11.